The number of fused-ring (bicyclic) bond motifs is 1. The van der Waals surface area contributed by atoms with E-state index in [-0.39, 0.29) is 5.56 Å². The Bertz CT molecular complexity index is 963. The SMILES string of the molecule is CCOC(=O)c1sc2ncn(CCCOc3ccccc3)c(=O)c2c1C. The first-order valence-electron chi connectivity index (χ1n) is 8.45. The van der Waals surface area contributed by atoms with Crippen LogP contribution in [0.5, 0.6) is 5.75 Å². The molecule has 2 heterocycles. The minimum atomic E-state index is -0.407. The summed E-state index contributed by atoms with van der Waals surface area (Å²) in [5, 5.41) is 0.490. The van der Waals surface area contributed by atoms with E-state index in [9.17, 15) is 9.59 Å². The third-order valence-electron chi connectivity index (χ3n) is 3.93. The predicted octanol–water partition coefficient (Wildman–Crippen LogP) is 3.41. The molecule has 2 aromatic heterocycles. The van der Waals surface area contributed by atoms with Crippen LogP contribution in [0, 0.1) is 6.92 Å². The van der Waals surface area contributed by atoms with Crippen LogP contribution in [0.4, 0.5) is 0 Å². The highest BCUT2D eigenvalue weighted by Gasteiger charge is 2.20. The zero-order chi connectivity index (χ0) is 18.5. The van der Waals surface area contributed by atoms with Crippen LogP contribution in [0.25, 0.3) is 10.2 Å². The standard InChI is InChI=1S/C19H20N2O4S/c1-3-24-19(23)16-13(2)15-17(26-16)20-12-21(18(15)22)10-7-11-25-14-8-5-4-6-9-14/h4-6,8-9,12H,3,7,10-11H2,1-2H3. The lowest BCUT2D eigenvalue weighted by molar-refractivity contribution is 0.0531. The summed E-state index contributed by atoms with van der Waals surface area (Å²) in [5.41, 5.74) is 0.495. The number of rotatable bonds is 7. The van der Waals surface area contributed by atoms with Crippen LogP contribution >= 0.6 is 11.3 Å². The number of benzene rings is 1. The number of thiophene rings is 1. The van der Waals surface area contributed by atoms with Crippen molar-refractivity contribution < 1.29 is 14.3 Å². The first kappa shape index (κ1) is 18.1. The van der Waals surface area contributed by atoms with Crippen molar-refractivity contribution in [1.29, 1.82) is 0 Å². The summed E-state index contributed by atoms with van der Waals surface area (Å²) < 4.78 is 12.3. The second-order valence-corrected chi connectivity index (χ2v) is 6.71. The minimum Gasteiger partial charge on any atom is -0.494 e. The fraction of sp³-hybridized carbons (Fsp3) is 0.316. The van der Waals surface area contributed by atoms with Crippen molar-refractivity contribution in [2.24, 2.45) is 0 Å². The Morgan fingerprint density at radius 2 is 2.04 bits per heavy atom. The number of carbonyl (C=O) groups is 1. The van der Waals surface area contributed by atoms with Crippen molar-refractivity contribution >= 4 is 27.5 Å². The summed E-state index contributed by atoms with van der Waals surface area (Å²) in [7, 11) is 0. The molecule has 0 radical (unpaired) electrons. The van der Waals surface area contributed by atoms with Crippen LogP contribution in [0.1, 0.15) is 28.6 Å². The van der Waals surface area contributed by atoms with Gasteiger partial charge < -0.3 is 9.47 Å². The number of para-hydroxylation sites is 1. The Hall–Kier alpha value is -2.67. The Morgan fingerprint density at radius 1 is 1.27 bits per heavy atom. The largest absolute Gasteiger partial charge is 0.494 e. The number of aromatic nitrogens is 2. The lowest BCUT2D eigenvalue weighted by Gasteiger charge is -2.07. The summed E-state index contributed by atoms with van der Waals surface area (Å²) in [6.45, 7) is 4.82. The van der Waals surface area contributed by atoms with Gasteiger partial charge in [0.15, 0.2) is 0 Å². The first-order valence-corrected chi connectivity index (χ1v) is 9.27. The lowest BCUT2D eigenvalue weighted by Crippen LogP contribution is -2.21. The molecule has 0 saturated carbocycles. The number of hydrogen-bond donors (Lipinski definition) is 0. The number of ether oxygens (including phenoxy) is 2. The van der Waals surface area contributed by atoms with E-state index >= 15 is 0 Å². The molecule has 0 aliphatic heterocycles. The van der Waals surface area contributed by atoms with Crippen molar-refractivity contribution in [3.05, 3.63) is 57.5 Å². The second-order valence-electron chi connectivity index (χ2n) is 5.71. The minimum absolute atomic E-state index is 0.140. The van der Waals surface area contributed by atoms with Gasteiger partial charge in [-0.3, -0.25) is 9.36 Å². The van der Waals surface area contributed by atoms with E-state index in [0.717, 1.165) is 5.75 Å². The summed E-state index contributed by atoms with van der Waals surface area (Å²) in [6, 6.07) is 9.55. The van der Waals surface area contributed by atoms with E-state index < -0.39 is 5.97 Å². The van der Waals surface area contributed by atoms with Gasteiger partial charge in [0.1, 0.15) is 15.5 Å². The quantitative estimate of drug-likeness (QED) is 0.469. The fourth-order valence-corrected chi connectivity index (χ4v) is 3.68. The first-order chi connectivity index (χ1) is 12.6. The Morgan fingerprint density at radius 3 is 2.77 bits per heavy atom. The van der Waals surface area contributed by atoms with E-state index in [1.165, 1.54) is 17.7 Å². The molecule has 136 valence electrons. The fourth-order valence-electron chi connectivity index (χ4n) is 2.65. The summed E-state index contributed by atoms with van der Waals surface area (Å²) in [6.07, 6.45) is 2.20. The van der Waals surface area contributed by atoms with E-state index in [1.807, 2.05) is 30.3 Å². The highest BCUT2D eigenvalue weighted by molar-refractivity contribution is 7.20. The number of esters is 1. The highest BCUT2D eigenvalue weighted by atomic mass is 32.1. The third kappa shape index (κ3) is 3.77. The molecule has 3 rings (SSSR count). The smallest absolute Gasteiger partial charge is 0.348 e. The summed E-state index contributed by atoms with van der Waals surface area (Å²) in [5.74, 6) is 0.399. The monoisotopic (exact) mass is 372 g/mol. The van der Waals surface area contributed by atoms with Gasteiger partial charge in [0.05, 0.1) is 24.9 Å². The molecule has 3 aromatic rings. The second kappa shape index (κ2) is 8.14. The zero-order valence-electron chi connectivity index (χ0n) is 14.7. The number of aryl methyl sites for hydroxylation is 2. The average molecular weight is 372 g/mol. The molecule has 0 unspecified atom stereocenters. The molecule has 1 aromatic carbocycles. The summed E-state index contributed by atoms with van der Waals surface area (Å²) in [4.78, 5) is 30.1. The van der Waals surface area contributed by atoms with Gasteiger partial charge in [0.2, 0.25) is 0 Å². The van der Waals surface area contributed by atoms with Gasteiger partial charge in [-0.25, -0.2) is 9.78 Å². The molecule has 0 amide bonds. The van der Waals surface area contributed by atoms with Crippen LogP contribution in [-0.4, -0.2) is 28.7 Å². The third-order valence-corrected chi connectivity index (χ3v) is 5.11. The van der Waals surface area contributed by atoms with Gasteiger partial charge in [0.25, 0.3) is 5.56 Å². The average Bonchev–Trinajstić information content (AvgIpc) is 2.99. The molecule has 6 nitrogen and oxygen atoms in total. The van der Waals surface area contributed by atoms with Crippen molar-refractivity contribution in [2.45, 2.75) is 26.8 Å². The van der Waals surface area contributed by atoms with Gasteiger partial charge in [-0.2, -0.15) is 0 Å². The summed E-state index contributed by atoms with van der Waals surface area (Å²) >= 11 is 1.20. The molecule has 0 aliphatic carbocycles. The van der Waals surface area contributed by atoms with E-state index in [0.29, 0.717) is 46.8 Å². The molecular weight excluding hydrogens is 352 g/mol. The molecule has 0 spiro atoms. The maximum atomic E-state index is 12.7. The molecule has 0 atom stereocenters. The zero-order valence-corrected chi connectivity index (χ0v) is 15.5. The molecule has 0 saturated heterocycles. The van der Waals surface area contributed by atoms with Gasteiger partial charge in [0, 0.05) is 6.54 Å². The Kier molecular flexibility index (Phi) is 5.68. The molecule has 0 aliphatic rings. The number of hydrogen-bond acceptors (Lipinski definition) is 6. The van der Waals surface area contributed by atoms with Crippen LogP contribution in [0.3, 0.4) is 0 Å². The van der Waals surface area contributed by atoms with Crippen molar-refractivity contribution in [3.8, 4) is 5.75 Å². The van der Waals surface area contributed by atoms with Gasteiger partial charge in [-0.1, -0.05) is 18.2 Å². The molecule has 0 bridgehead atoms. The maximum absolute atomic E-state index is 12.7. The molecule has 0 N–H and O–H groups in total. The molecule has 26 heavy (non-hydrogen) atoms. The van der Waals surface area contributed by atoms with Crippen molar-refractivity contribution in [1.82, 2.24) is 9.55 Å². The number of carbonyl (C=O) groups excluding carboxylic acids is 1. The van der Waals surface area contributed by atoms with Crippen molar-refractivity contribution in [2.75, 3.05) is 13.2 Å². The highest BCUT2D eigenvalue weighted by Crippen LogP contribution is 2.27. The molecule has 0 fully saturated rings. The predicted molar refractivity (Wildman–Crippen MR) is 101 cm³/mol. The van der Waals surface area contributed by atoms with Crippen molar-refractivity contribution in [3.63, 3.8) is 0 Å². The molecule has 7 heteroatoms. The van der Waals surface area contributed by atoms with Crippen LogP contribution in [-0.2, 0) is 11.3 Å². The van der Waals surface area contributed by atoms with Gasteiger partial charge in [-0.15, -0.1) is 11.3 Å². The number of nitrogens with zero attached hydrogens (tertiary/aromatic N) is 2. The van der Waals surface area contributed by atoms with Crippen LogP contribution in [0.15, 0.2) is 41.5 Å². The van der Waals surface area contributed by atoms with Gasteiger partial charge >= 0.3 is 5.97 Å². The van der Waals surface area contributed by atoms with Gasteiger partial charge in [-0.05, 0) is 38.0 Å². The Labute approximate surface area is 155 Å². The lowest BCUT2D eigenvalue weighted by atomic mass is 10.2. The normalized spacial score (nSPS) is 10.8. The Balaban J connectivity index is 1.73. The van der Waals surface area contributed by atoms with E-state index in [4.69, 9.17) is 9.47 Å². The maximum Gasteiger partial charge on any atom is 0.348 e. The molecular formula is C19H20N2O4S. The van der Waals surface area contributed by atoms with Crippen LogP contribution < -0.4 is 10.3 Å². The van der Waals surface area contributed by atoms with E-state index in [2.05, 4.69) is 4.98 Å². The van der Waals surface area contributed by atoms with Crippen LogP contribution in [0.2, 0.25) is 0 Å². The topological polar surface area (TPSA) is 70.4 Å². The van der Waals surface area contributed by atoms with E-state index in [1.54, 1.807) is 18.4 Å².